The molecule has 0 N–H and O–H groups in total. The Morgan fingerprint density at radius 2 is 2.18 bits per heavy atom. The Hall–Kier alpha value is -1.13. The van der Waals surface area contributed by atoms with E-state index < -0.39 is 0 Å². The summed E-state index contributed by atoms with van der Waals surface area (Å²) in [6.07, 6.45) is 2.14. The minimum atomic E-state index is -0.320. The van der Waals surface area contributed by atoms with Crippen LogP contribution in [0.5, 0.6) is 0 Å². The Morgan fingerprint density at radius 3 is 2.82 bits per heavy atom. The highest BCUT2D eigenvalue weighted by atomic mass is 35.5. The summed E-state index contributed by atoms with van der Waals surface area (Å²) in [6, 6.07) is 5.22. The smallest absolute Gasteiger partial charge is 0.269 e. The summed E-state index contributed by atoms with van der Waals surface area (Å²) in [7, 11) is 0. The van der Waals surface area contributed by atoms with Crippen LogP contribution in [0.15, 0.2) is 18.2 Å². The van der Waals surface area contributed by atoms with Crippen molar-refractivity contribution in [1.82, 2.24) is 4.90 Å². The lowest BCUT2D eigenvalue weighted by Crippen LogP contribution is -2.31. The molecule has 4 nitrogen and oxygen atoms in total. The van der Waals surface area contributed by atoms with E-state index >= 15 is 0 Å². The second-order valence-electron chi connectivity index (χ2n) is 4.24. The Bertz CT molecular complexity index is 409. The Kier molecular flexibility index (Phi) is 4.90. The maximum atomic E-state index is 10.7. The van der Waals surface area contributed by atoms with E-state index in [9.17, 15) is 10.1 Å². The van der Waals surface area contributed by atoms with E-state index in [4.69, 9.17) is 0 Å². The van der Waals surface area contributed by atoms with Gasteiger partial charge in [0, 0.05) is 25.2 Å². The highest BCUT2D eigenvalue weighted by Crippen LogP contribution is 2.23. The summed E-state index contributed by atoms with van der Waals surface area (Å²) >= 11 is 0. The third-order valence-electron chi connectivity index (χ3n) is 3.03. The zero-order chi connectivity index (χ0) is 11.5. The van der Waals surface area contributed by atoms with Crippen LogP contribution in [0, 0.1) is 10.1 Å². The molecule has 0 spiro atoms. The molecule has 0 aromatic heterocycles. The predicted octanol–water partition coefficient (Wildman–Crippen LogP) is 2.78. The monoisotopic (exact) mass is 256 g/mol. The summed E-state index contributed by atoms with van der Waals surface area (Å²) in [4.78, 5) is 12.7. The molecular weight excluding hydrogens is 240 g/mol. The topological polar surface area (TPSA) is 46.4 Å². The Balaban J connectivity index is 0.00000144. The molecule has 1 heterocycles. The van der Waals surface area contributed by atoms with Gasteiger partial charge in [0.25, 0.3) is 5.69 Å². The zero-order valence-corrected chi connectivity index (χ0v) is 10.7. The fourth-order valence-electron chi connectivity index (χ4n) is 2.22. The molecule has 1 aromatic carbocycles. The average molecular weight is 257 g/mol. The van der Waals surface area contributed by atoms with Crippen molar-refractivity contribution in [3.05, 3.63) is 39.4 Å². The molecule has 1 aliphatic rings. The molecule has 0 saturated heterocycles. The van der Waals surface area contributed by atoms with Crippen LogP contribution in [0.25, 0.3) is 0 Å². The van der Waals surface area contributed by atoms with Crippen LogP contribution in [0.2, 0.25) is 0 Å². The van der Waals surface area contributed by atoms with Crippen LogP contribution in [0.1, 0.15) is 24.5 Å². The fourth-order valence-corrected chi connectivity index (χ4v) is 2.22. The summed E-state index contributed by atoms with van der Waals surface area (Å²) in [5.41, 5.74) is 2.59. The third kappa shape index (κ3) is 3.17. The summed E-state index contributed by atoms with van der Waals surface area (Å²) in [5, 5.41) is 10.7. The van der Waals surface area contributed by atoms with Crippen molar-refractivity contribution in [3.8, 4) is 0 Å². The number of nitro groups is 1. The van der Waals surface area contributed by atoms with Gasteiger partial charge in [-0.1, -0.05) is 13.0 Å². The van der Waals surface area contributed by atoms with Gasteiger partial charge in [0.15, 0.2) is 0 Å². The maximum Gasteiger partial charge on any atom is 0.269 e. The molecule has 0 saturated carbocycles. The first kappa shape index (κ1) is 13.9. The van der Waals surface area contributed by atoms with Crippen LogP contribution in [0.4, 0.5) is 5.69 Å². The Labute approximate surface area is 107 Å². The maximum absolute atomic E-state index is 10.7. The van der Waals surface area contributed by atoms with Gasteiger partial charge in [0.05, 0.1) is 4.92 Å². The zero-order valence-electron chi connectivity index (χ0n) is 9.89. The molecule has 5 heteroatoms. The number of halogens is 1. The standard InChI is InChI=1S/C12H16N2O2.ClH/c1-2-6-13-7-5-10-3-4-12(14(15)16)8-11(10)9-13;/h3-4,8H,2,5-7,9H2,1H3;1H. The minimum absolute atomic E-state index is 0. The largest absolute Gasteiger partial charge is 0.299 e. The average Bonchev–Trinajstić information content (AvgIpc) is 2.28. The van der Waals surface area contributed by atoms with Gasteiger partial charge < -0.3 is 0 Å². The number of benzene rings is 1. The van der Waals surface area contributed by atoms with Gasteiger partial charge >= 0.3 is 0 Å². The first-order valence-electron chi connectivity index (χ1n) is 5.69. The molecule has 0 bridgehead atoms. The second kappa shape index (κ2) is 5.98. The second-order valence-corrected chi connectivity index (χ2v) is 4.24. The van der Waals surface area contributed by atoms with Crippen LogP contribution in [-0.4, -0.2) is 22.9 Å². The van der Waals surface area contributed by atoms with Crippen molar-refractivity contribution >= 4 is 18.1 Å². The van der Waals surface area contributed by atoms with Gasteiger partial charge in [-0.25, -0.2) is 0 Å². The van der Waals surface area contributed by atoms with Crippen LogP contribution in [0.3, 0.4) is 0 Å². The van der Waals surface area contributed by atoms with E-state index in [0.717, 1.165) is 38.0 Å². The molecule has 17 heavy (non-hydrogen) atoms. The number of nitro benzene ring substituents is 1. The lowest BCUT2D eigenvalue weighted by atomic mass is 9.99. The van der Waals surface area contributed by atoms with E-state index in [1.165, 1.54) is 5.56 Å². The van der Waals surface area contributed by atoms with Gasteiger partial charge in [0.2, 0.25) is 0 Å². The van der Waals surface area contributed by atoms with E-state index in [-0.39, 0.29) is 23.0 Å². The number of non-ortho nitro benzene ring substituents is 1. The van der Waals surface area contributed by atoms with Gasteiger partial charge in [-0.05, 0) is 30.5 Å². The molecule has 0 amide bonds. The van der Waals surface area contributed by atoms with Gasteiger partial charge in [-0.2, -0.15) is 0 Å². The van der Waals surface area contributed by atoms with Crippen molar-refractivity contribution in [1.29, 1.82) is 0 Å². The van der Waals surface area contributed by atoms with E-state index in [0.29, 0.717) is 0 Å². The van der Waals surface area contributed by atoms with Crippen molar-refractivity contribution in [3.63, 3.8) is 0 Å². The molecule has 0 fully saturated rings. The summed E-state index contributed by atoms with van der Waals surface area (Å²) < 4.78 is 0. The fraction of sp³-hybridized carbons (Fsp3) is 0.500. The van der Waals surface area contributed by atoms with Crippen molar-refractivity contribution in [2.45, 2.75) is 26.3 Å². The van der Waals surface area contributed by atoms with Crippen molar-refractivity contribution < 1.29 is 4.92 Å². The van der Waals surface area contributed by atoms with Gasteiger partial charge in [-0.15, -0.1) is 12.4 Å². The molecule has 0 aliphatic carbocycles. The number of rotatable bonds is 3. The molecule has 1 aromatic rings. The van der Waals surface area contributed by atoms with E-state index in [2.05, 4.69) is 11.8 Å². The minimum Gasteiger partial charge on any atom is -0.299 e. The van der Waals surface area contributed by atoms with Crippen molar-refractivity contribution in [2.24, 2.45) is 0 Å². The third-order valence-corrected chi connectivity index (χ3v) is 3.03. The molecular formula is C12H17ClN2O2. The van der Waals surface area contributed by atoms with Crippen molar-refractivity contribution in [2.75, 3.05) is 13.1 Å². The Morgan fingerprint density at radius 1 is 1.41 bits per heavy atom. The quantitative estimate of drug-likeness (QED) is 0.617. The summed E-state index contributed by atoms with van der Waals surface area (Å²) in [6.45, 7) is 5.15. The molecule has 1 aliphatic heterocycles. The lowest BCUT2D eigenvalue weighted by Gasteiger charge is -2.28. The number of hydrogen-bond donors (Lipinski definition) is 0. The van der Waals surface area contributed by atoms with E-state index in [1.807, 2.05) is 6.07 Å². The highest BCUT2D eigenvalue weighted by Gasteiger charge is 2.18. The SMILES string of the molecule is CCCN1CCc2ccc([N+](=O)[O-])cc2C1.Cl. The van der Waals surface area contributed by atoms with Gasteiger partial charge in [-0.3, -0.25) is 15.0 Å². The molecule has 0 radical (unpaired) electrons. The number of nitrogens with zero attached hydrogens (tertiary/aromatic N) is 2. The lowest BCUT2D eigenvalue weighted by molar-refractivity contribution is -0.385. The van der Waals surface area contributed by atoms with Crippen LogP contribution < -0.4 is 0 Å². The predicted molar refractivity (Wildman–Crippen MR) is 69.6 cm³/mol. The number of fused-ring (bicyclic) bond motifs is 1. The van der Waals surface area contributed by atoms with Gasteiger partial charge in [0.1, 0.15) is 0 Å². The van der Waals surface area contributed by atoms with Crippen LogP contribution >= 0.6 is 12.4 Å². The van der Waals surface area contributed by atoms with Crippen LogP contribution in [-0.2, 0) is 13.0 Å². The molecule has 0 atom stereocenters. The highest BCUT2D eigenvalue weighted by molar-refractivity contribution is 5.85. The first-order chi connectivity index (χ1) is 7.70. The molecule has 0 unspecified atom stereocenters. The molecule has 94 valence electrons. The molecule has 2 rings (SSSR count). The number of hydrogen-bond acceptors (Lipinski definition) is 3. The van der Waals surface area contributed by atoms with E-state index in [1.54, 1.807) is 12.1 Å². The first-order valence-corrected chi connectivity index (χ1v) is 5.69. The summed E-state index contributed by atoms with van der Waals surface area (Å²) in [5.74, 6) is 0. The normalized spacial score (nSPS) is 14.9.